The molecule has 2 aromatic heterocycles. The van der Waals surface area contributed by atoms with Crippen LogP contribution in [0.4, 0.5) is 10.2 Å². The molecule has 1 amide bonds. The number of para-hydroxylation sites is 1. The maximum Gasteiger partial charge on any atom is 0.236 e. The quantitative estimate of drug-likeness (QED) is 0.459. The molecular formula is C26H23FN6O2. The zero-order chi connectivity index (χ0) is 24.4. The zero-order valence-electron chi connectivity index (χ0n) is 18.9. The van der Waals surface area contributed by atoms with E-state index in [2.05, 4.69) is 4.98 Å². The predicted octanol–water partition coefficient (Wildman–Crippen LogP) is 4.53. The summed E-state index contributed by atoms with van der Waals surface area (Å²) in [5.41, 5.74) is 7.39. The van der Waals surface area contributed by atoms with Gasteiger partial charge in [0.1, 0.15) is 46.6 Å². The van der Waals surface area contributed by atoms with Crippen molar-refractivity contribution in [3.63, 3.8) is 0 Å². The first-order chi connectivity index (χ1) is 17.0. The lowest BCUT2D eigenvalue weighted by molar-refractivity contribution is -0.131. The summed E-state index contributed by atoms with van der Waals surface area (Å²) in [5, 5.41) is 8.90. The Bertz CT molecular complexity index is 1430. The van der Waals surface area contributed by atoms with Crippen LogP contribution < -0.4 is 10.5 Å². The summed E-state index contributed by atoms with van der Waals surface area (Å²) in [7, 11) is 0. The average Bonchev–Trinajstić information content (AvgIpc) is 3.26. The van der Waals surface area contributed by atoms with E-state index in [-0.39, 0.29) is 29.6 Å². The fourth-order valence-electron chi connectivity index (χ4n) is 4.53. The molecule has 0 spiro atoms. The van der Waals surface area contributed by atoms with Gasteiger partial charge >= 0.3 is 0 Å². The number of likely N-dealkylation sites (tertiary alicyclic amines) is 1. The van der Waals surface area contributed by atoms with Crippen LogP contribution in [0.25, 0.3) is 16.8 Å². The lowest BCUT2D eigenvalue weighted by Crippen LogP contribution is -2.39. The number of anilines is 1. The summed E-state index contributed by atoms with van der Waals surface area (Å²) in [6.07, 6.45) is 4.76. The molecule has 9 heteroatoms. The van der Waals surface area contributed by atoms with E-state index in [1.54, 1.807) is 41.6 Å². The minimum absolute atomic E-state index is 0.0850. The van der Waals surface area contributed by atoms with Gasteiger partial charge in [0.25, 0.3) is 0 Å². The number of hydrogen-bond acceptors (Lipinski definition) is 6. The minimum atomic E-state index is -0.497. The molecule has 35 heavy (non-hydrogen) atoms. The van der Waals surface area contributed by atoms with Crippen molar-refractivity contribution in [1.29, 1.82) is 5.26 Å². The third-order valence-electron chi connectivity index (χ3n) is 6.15. The highest BCUT2D eigenvalue weighted by atomic mass is 19.1. The molecule has 2 N–H and O–H groups in total. The SMILES string of the molecule is N#CCC(=O)N1CCC[C@@H](c2nc(-c3ccc(Oc4ccccc4)cc3F)c3c(N)nccn23)C1. The first-order valence-electron chi connectivity index (χ1n) is 11.3. The van der Waals surface area contributed by atoms with E-state index in [0.717, 1.165) is 12.8 Å². The number of nitrogen functional groups attached to an aromatic ring is 1. The Hall–Kier alpha value is -4.45. The molecule has 1 saturated heterocycles. The van der Waals surface area contributed by atoms with Crippen molar-refractivity contribution in [1.82, 2.24) is 19.3 Å². The Balaban J connectivity index is 1.52. The molecule has 176 valence electrons. The number of imidazole rings is 1. The molecule has 1 aliphatic heterocycles. The van der Waals surface area contributed by atoms with Crippen LogP contribution in [-0.4, -0.2) is 38.3 Å². The van der Waals surface area contributed by atoms with E-state index in [4.69, 9.17) is 20.7 Å². The molecule has 1 atom stereocenters. The lowest BCUT2D eigenvalue weighted by Gasteiger charge is -2.31. The first kappa shape index (κ1) is 22.3. The van der Waals surface area contributed by atoms with Gasteiger partial charge in [0.15, 0.2) is 0 Å². The number of amides is 1. The molecule has 1 aliphatic rings. The monoisotopic (exact) mass is 470 g/mol. The summed E-state index contributed by atoms with van der Waals surface area (Å²) in [6.45, 7) is 1.04. The maximum atomic E-state index is 15.3. The van der Waals surface area contributed by atoms with Crippen LogP contribution in [0.2, 0.25) is 0 Å². The average molecular weight is 471 g/mol. The van der Waals surface area contributed by atoms with Crippen LogP contribution in [0.5, 0.6) is 11.5 Å². The predicted molar refractivity (Wildman–Crippen MR) is 128 cm³/mol. The number of nitriles is 1. The van der Waals surface area contributed by atoms with E-state index >= 15 is 4.39 Å². The van der Waals surface area contributed by atoms with Gasteiger partial charge in [0.2, 0.25) is 5.91 Å². The van der Waals surface area contributed by atoms with Crippen LogP contribution in [0.3, 0.4) is 0 Å². The van der Waals surface area contributed by atoms with Crippen LogP contribution in [0.15, 0.2) is 60.9 Å². The van der Waals surface area contributed by atoms with Gasteiger partial charge in [-0.05, 0) is 37.1 Å². The van der Waals surface area contributed by atoms with Gasteiger partial charge in [-0.25, -0.2) is 14.4 Å². The number of aromatic nitrogens is 3. The number of carbonyl (C=O) groups excluding carboxylic acids is 1. The second-order valence-corrected chi connectivity index (χ2v) is 8.42. The molecular weight excluding hydrogens is 447 g/mol. The van der Waals surface area contributed by atoms with Crippen molar-refractivity contribution in [3.05, 3.63) is 72.6 Å². The summed E-state index contributed by atoms with van der Waals surface area (Å²) in [6, 6.07) is 15.7. The largest absolute Gasteiger partial charge is 0.457 e. The molecule has 0 unspecified atom stereocenters. The van der Waals surface area contributed by atoms with E-state index in [1.165, 1.54) is 6.07 Å². The molecule has 8 nitrogen and oxygen atoms in total. The summed E-state index contributed by atoms with van der Waals surface area (Å²) < 4.78 is 22.9. The van der Waals surface area contributed by atoms with E-state index in [0.29, 0.717) is 41.6 Å². The van der Waals surface area contributed by atoms with Gasteiger partial charge in [-0.2, -0.15) is 5.26 Å². The minimum Gasteiger partial charge on any atom is -0.457 e. The fourth-order valence-corrected chi connectivity index (χ4v) is 4.53. The van der Waals surface area contributed by atoms with Crippen molar-refractivity contribution in [2.75, 3.05) is 18.8 Å². The smallest absolute Gasteiger partial charge is 0.236 e. The first-order valence-corrected chi connectivity index (χ1v) is 11.3. The van der Waals surface area contributed by atoms with Crippen molar-refractivity contribution < 1.29 is 13.9 Å². The van der Waals surface area contributed by atoms with Crippen molar-refractivity contribution in [2.24, 2.45) is 0 Å². The van der Waals surface area contributed by atoms with Crippen LogP contribution in [-0.2, 0) is 4.79 Å². The molecule has 5 rings (SSSR count). The zero-order valence-corrected chi connectivity index (χ0v) is 18.9. The molecule has 0 saturated carbocycles. The third-order valence-corrected chi connectivity index (χ3v) is 6.15. The molecule has 0 bridgehead atoms. The lowest BCUT2D eigenvalue weighted by atomic mass is 9.97. The number of nitrogens with zero attached hydrogens (tertiary/aromatic N) is 5. The number of fused-ring (bicyclic) bond motifs is 1. The van der Waals surface area contributed by atoms with Gasteiger partial charge in [-0.15, -0.1) is 0 Å². The number of hydrogen-bond donors (Lipinski definition) is 1. The Morgan fingerprint density at radius 1 is 1.23 bits per heavy atom. The van der Waals surface area contributed by atoms with Crippen molar-refractivity contribution in [2.45, 2.75) is 25.2 Å². The second kappa shape index (κ2) is 9.43. The topological polar surface area (TPSA) is 110 Å². The van der Waals surface area contributed by atoms with Crippen LogP contribution in [0.1, 0.15) is 31.0 Å². The molecule has 3 heterocycles. The number of halogens is 1. The number of rotatable bonds is 5. The highest BCUT2D eigenvalue weighted by Gasteiger charge is 2.29. The number of benzene rings is 2. The molecule has 1 fully saturated rings. The van der Waals surface area contributed by atoms with E-state index in [1.807, 2.05) is 28.7 Å². The van der Waals surface area contributed by atoms with E-state index < -0.39 is 5.82 Å². The number of piperidine rings is 1. The normalized spacial score (nSPS) is 15.7. The van der Waals surface area contributed by atoms with Crippen LogP contribution >= 0.6 is 0 Å². The molecule has 0 aliphatic carbocycles. The Kier molecular flexibility index (Phi) is 6.02. The van der Waals surface area contributed by atoms with E-state index in [9.17, 15) is 4.79 Å². The number of nitrogens with two attached hydrogens (primary N) is 1. The molecule has 4 aromatic rings. The standard InChI is InChI=1S/C26H23FN6O2/c27-21-15-19(35-18-6-2-1-3-7-18)8-9-20(21)23-24-25(29)30-12-14-33(24)26(31-23)17-5-4-13-32(16-17)22(34)10-11-28/h1-3,6-9,12,14-15,17H,4-5,10,13,16H2,(H2,29,30)/t17-/m1/s1. The van der Waals surface area contributed by atoms with Crippen molar-refractivity contribution >= 4 is 17.2 Å². The number of ether oxygens (including phenoxy) is 1. The van der Waals surface area contributed by atoms with Gasteiger partial charge in [0.05, 0.1) is 6.07 Å². The van der Waals surface area contributed by atoms with Gasteiger partial charge in [0, 0.05) is 43.0 Å². The highest BCUT2D eigenvalue weighted by molar-refractivity contribution is 5.86. The van der Waals surface area contributed by atoms with Gasteiger partial charge in [-0.1, -0.05) is 18.2 Å². The molecule has 2 aromatic carbocycles. The number of carbonyl (C=O) groups is 1. The third kappa shape index (κ3) is 4.38. The Morgan fingerprint density at radius 2 is 2.06 bits per heavy atom. The van der Waals surface area contributed by atoms with Gasteiger partial charge < -0.3 is 15.4 Å². The second-order valence-electron chi connectivity index (χ2n) is 8.42. The Morgan fingerprint density at radius 3 is 2.83 bits per heavy atom. The summed E-state index contributed by atoms with van der Waals surface area (Å²) >= 11 is 0. The highest BCUT2D eigenvalue weighted by Crippen LogP contribution is 2.36. The summed E-state index contributed by atoms with van der Waals surface area (Å²) in [4.78, 5) is 23.0. The van der Waals surface area contributed by atoms with Crippen molar-refractivity contribution in [3.8, 4) is 28.8 Å². The van der Waals surface area contributed by atoms with Crippen LogP contribution in [0, 0.1) is 17.1 Å². The maximum absolute atomic E-state index is 15.3. The Labute approximate surface area is 201 Å². The van der Waals surface area contributed by atoms with Gasteiger partial charge in [-0.3, -0.25) is 9.20 Å². The fraction of sp³-hybridized carbons (Fsp3) is 0.231. The molecule has 0 radical (unpaired) electrons. The summed E-state index contributed by atoms with van der Waals surface area (Å²) in [5.74, 6) is 1.11.